The van der Waals surface area contributed by atoms with Crippen molar-refractivity contribution < 1.29 is 8.42 Å². The second-order valence-corrected chi connectivity index (χ2v) is 6.98. The first-order valence-electron chi connectivity index (χ1n) is 6.11. The molecular weight excluding hydrogens is 294 g/mol. The molecule has 5 N–H and O–H groups in total. The van der Waals surface area contributed by atoms with Gasteiger partial charge in [-0.3, -0.25) is 0 Å². The molecule has 1 heterocycles. The van der Waals surface area contributed by atoms with Crippen molar-refractivity contribution in [3.8, 4) is 0 Å². The van der Waals surface area contributed by atoms with Gasteiger partial charge in [0.2, 0.25) is 10.0 Å². The first-order valence-corrected chi connectivity index (χ1v) is 8.54. The van der Waals surface area contributed by atoms with Crippen LogP contribution in [0.5, 0.6) is 0 Å². The molecule has 0 atom stereocenters. The van der Waals surface area contributed by atoms with Gasteiger partial charge in [-0.1, -0.05) is 12.1 Å². The van der Waals surface area contributed by atoms with Crippen LogP contribution >= 0.6 is 11.3 Å². The van der Waals surface area contributed by atoms with E-state index >= 15 is 0 Å². The van der Waals surface area contributed by atoms with Crippen molar-refractivity contribution in [3.05, 3.63) is 46.2 Å². The Hall–Kier alpha value is -1.41. The molecule has 0 saturated carbocycles. The summed E-state index contributed by atoms with van der Waals surface area (Å²) in [6.45, 7) is 1.55. The molecule has 0 aliphatic rings. The van der Waals surface area contributed by atoms with Crippen LogP contribution in [0.25, 0.3) is 0 Å². The maximum absolute atomic E-state index is 11.1. The van der Waals surface area contributed by atoms with Crippen molar-refractivity contribution in [1.29, 1.82) is 0 Å². The van der Waals surface area contributed by atoms with Crippen molar-refractivity contribution in [2.45, 2.75) is 17.9 Å². The van der Waals surface area contributed by atoms with Gasteiger partial charge < -0.3 is 11.1 Å². The number of primary sulfonamides is 1. The highest BCUT2D eigenvalue weighted by molar-refractivity contribution is 7.89. The van der Waals surface area contributed by atoms with Crippen LogP contribution in [-0.2, 0) is 23.0 Å². The van der Waals surface area contributed by atoms with Gasteiger partial charge in [0.25, 0.3) is 0 Å². The van der Waals surface area contributed by atoms with Gasteiger partial charge in [-0.25, -0.2) is 13.6 Å². The number of sulfonamides is 1. The Balaban J connectivity index is 1.81. The van der Waals surface area contributed by atoms with Crippen LogP contribution in [0, 0.1) is 0 Å². The van der Waals surface area contributed by atoms with Gasteiger partial charge in [-0.2, -0.15) is 0 Å². The van der Waals surface area contributed by atoms with Gasteiger partial charge in [-0.05, 0) is 42.1 Å². The summed E-state index contributed by atoms with van der Waals surface area (Å²) in [5, 5.41) is 10.3. The number of nitrogens with one attached hydrogen (secondary N) is 1. The topological polar surface area (TPSA) is 98.2 Å². The van der Waals surface area contributed by atoms with E-state index in [-0.39, 0.29) is 4.90 Å². The van der Waals surface area contributed by atoms with Gasteiger partial charge in [0.05, 0.1) is 4.90 Å². The van der Waals surface area contributed by atoms with Crippen LogP contribution in [0.15, 0.2) is 40.6 Å². The standard InChI is InChI=1S/C13H17N3O2S2/c14-12-6-8-19-13(12)9-16-7-5-10-1-3-11(4-2-10)20(15,17)18/h1-4,6,8,16H,5,7,9,14H2,(H2,15,17,18). The van der Waals surface area contributed by atoms with E-state index in [1.807, 2.05) is 11.4 Å². The highest BCUT2D eigenvalue weighted by Crippen LogP contribution is 2.18. The predicted molar refractivity (Wildman–Crippen MR) is 82.0 cm³/mol. The maximum atomic E-state index is 11.1. The Labute approximate surface area is 122 Å². The smallest absolute Gasteiger partial charge is 0.238 e. The van der Waals surface area contributed by atoms with E-state index in [0.29, 0.717) is 0 Å². The first-order chi connectivity index (χ1) is 9.47. The van der Waals surface area contributed by atoms with Crippen LogP contribution in [-0.4, -0.2) is 15.0 Å². The lowest BCUT2D eigenvalue weighted by molar-refractivity contribution is 0.597. The average molecular weight is 311 g/mol. The quantitative estimate of drug-likeness (QED) is 0.701. The molecule has 0 radical (unpaired) electrons. The van der Waals surface area contributed by atoms with Crippen LogP contribution < -0.4 is 16.2 Å². The third-order valence-corrected chi connectivity index (χ3v) is 4.77. The number of hydrogen-bond acceptors (Lipinski definition) is 5. The van der Waals surface area contributed by atoms with Gasteiger partial charge in [0.1, 0.15) is 0 Å². The third kappa shape index (κ3) is 4.04. The number of hydrogen-bond donors (Lipinski definition) is 3. The van der Waals surface area contributed by atoms with Gasteiger partial charge >= 0.3 is 0 Å². The molecule has 0 spiro atoms. The Morgan fingerprint density at radius 3 is 2.40 bits per heavy atom. The summed E-state index contributed by atoms with van der Waals surface area (Å²) < 4.78 is 22.2. The summed E-state index contributed by atoms with van der Waals surface area (Å²) in [6.07, 6.45) is 0.816. The SMILES string of the molecule is Nc1ccsc1CNCCc1ccc(S(N)(=O)=O)cc1. The third-order valence-electron chi connectivity index (χ3n) is 2.91. The van der Waals surface area contributed by atoms with Gasteiger partial charge in [0.15, 0.2) is 0 Å². The summed E-state index contributed by atoms with van der Waals surface area (Å²) in [7, 11) is -3.61. The second-order valence-electron chi connectivity index (χ2n) is 4.41. The molecule has 0 aliphatic carbocycles. The minimum atomic E-state index is -3.61. The normalized spacial score (nSPS) is 11.7. The van der Waals surface area contributed by atoms with E-state index in [0.717, 1.165) is 35.6 Å². The molecule has 7 heteroatoms. The molecule has 2 rings (SSSR count). The summed E-state index contributed by atoms with van der Waals surface area (Å²) >= 11 is 1.63. The number of nitrogens with two attached hydrogens (primary N) is 2. The predicted octanol–water partition coefficient (Wildman–Crippen LogP) is 1.31. The lowest BCUT2D eigenvalue weighted by atomic mass is 10.1. The largest absolute Gasteiger partial charge is 0.398 e. The van der Waals surface area contributed by atoms with Crippen LogP contribution in [0.3, 0.4) is 0 Å². The number of nitrogen functional groups attached to an aromatic ring is 1. The molecule has 0 aliphatic heterocycles. The van der Waals surface area contributed by atoms with E-state index in [1.54, 1.807) is 23.5 Å². The van der Waals surface area contributed by atoms with Crippen molar-refractivity contribution >= 4 is 27.0 Å². The van der Waals surface area contributed by atoms with Crippen molar-refractivity contribution in [2.75, 3.05) is 12.3 Å². The van der Waals surface area contributed by atoms with E-state index < -0.39 is 10.0 Å². The molecule has 5 nitrogen and oxygen atoms in total. The zero-order chi connectivity index (χ0) is 14.6. The molecule has 0 unspecified atom stereocenters. The maximum Gasteiger partial charge on any atom is 0.238 e. The molecular formula is C13H17N3O2S2. The monoisotopic (exact) mass is 311 g/mol. The Morgan fingerprint density at radius 1 is 1.15 bits per heavy atom. The van der Waals surface area contributed by atoms with Crippen LogP contribution in [0.2, 0.25) is 0 Å². The molecule has 0 fully saturated rings. The minimum Gasteiger partial charge on any atom is -0.398 e. The Bertz CT molecular complexity index is 663. The summed E-state index contributed by atoms with van der Waals surface area (Å²) in [4.78, 5) is 1.27. The Morgan fingerprint density at radius 2 is 1.85 bits per heavy atom. The molecule has 1 aromatic carbocycles. The molecule has 20 heavy (non-hydrogen) atoms. The lowest BCUT2D eigenvalue weighted by Gasteiger charge is -2.05. The van der Waals surface area contributed by atoms with Crippen LogP contribution in [0.1, 0.15) is 10.4 Å². The molecule has 2 aromatic rings. The second kappa shape index (κ2) is 6.36. The van der Waals surface area contributed by atoms with E-state index in [2.05, 4.69) is 5.32 Å². The minimum absolute atomic E-state index is 0.139. The van der Waals surface area contributed by atoms with Crippen molar-refractivity contribution in [1.82, 2.24) is 5.32 Å². The summed E-state index contributed by atoms with van der Waals surface area (Å²) in [6, 6.07) is 8.51. The van der Waals surface area contributed by atoms with E-state index in [4.69, 9.17) is 10.9 Å². The zero-order valence-electron chi connectivity index (χ0n) is 10.9. The van der Waals surface area contributed by atoms with E-state index in [1.165, 1.54) is 12.1 Å². The Kier molecular flexibility index (Phi) is 4.77. The molecule has 0 bridgehead atoms. The molecule has 0 saturated heterocycles. The van der Waals surface area contributed by atoms with E-state index in [9.17, 15) is 8.42 Å². The zero-order valence-corrected chi connectivity index (χ0v) is 12.5. The van der Waals surface area contributed by atoms with Crippen molar-refractivity contribution in [2.24, 2.45) is 5.14 Å². The van der Waals surface area contributed by atoms with Crippen LogP contribution in [0.4, 0.5) is 5.69 Å². The summed E-state index contributed by atoms with van der Waals surface area (Å²) in [5.41, 5.74) is 7.67. The fourth-order valence-corrected chi connectivity index (χ4v) is 3.06. The lowest BCUT2D eigenvalue weighted by Crippen LogP contribution is -2.17. The van der Waals surface area contributed by atoms with Crippen molar-refractivity contribution in [3.63, 3.8) is 0 Å². The number of benzene rings is 1. The van der Waals surface area contributed by atoms with Gasteiger partial charge in [0, 0.05) is 17.1 Å². The number of anilines is 1. The number of thiophene rings is 1. The fraction of sp³-hybridized carbons (Fsp3) is 0.231. The first kappa shape index (κ1) is 15.0. The average Bonchev–Trinajstić information content (AvgIpc) is 2.80. The fourth-order valence-electron chi connectivity index (χ4n) is 1.77. The highest BCUT2D eigenvalue weighted by atomic mass is 32.2. The van der Waals surface area contributed by atoms with Gasteiger partial charge in [-0.15, -0.1) is 11.3 Å². The highest BCUT2D eigenvalue weighted by Gasteiger charge is 2.06. The summed E-state index contributed by atoms with van der Waals surface area (Å²) in [5.74, 6) is 0. The number of rotatable bonds is 6. The molecule has 0 amide bonds. The molecule has 108 valence electrons. The molecule has 1 aromatic heterocycles.